The van der Waals surface area contributed by atoms with E-state index in [1.807, 2.05) is 11.8 Å². The Bertz CT molecular complexity index is 920. The second-order valence-electron chi connectivity index (χ2n) is 8.11. The van der Waals surface area contributed by atoms with E-state index in [9.17, 15) is 22.8 Å². The number of likely N-dealkylation sites (tertiary alicyclic amines) is 1. The van der Waals surface area contributed by atoms with E-state index in [1.165, 1.54) is 12.1 Å². The summed E-state index contributed by atoms with van der Waals surface area (Å²) in [5, 5.41) is 2.45. The number of nitrogens with zero attached hydrogens (tertiary/aromatic N) is 3. The van der Waals surface area contributed by atoms with Crippen LogP contribution in [0, 0.1) is 6.92 Å². The van der Waals surface area contributed by atoms with E-state index in [0.717, 1.165) is 37.9 Å². The number of piperazine rings is 1. The Morgan fingerprint density at radius 3 is 2.00 bits per heavy atom. The summed E-state index contributed by atoms with van der Waals surface area (Å²) in [5.41, 5.74) is 0.928. The van der Waals surface area contributed by atoms with Crippen molar-refractivity contribution in [1.82, 2.24) is 24.7 Å². The lowest BCUT2D eigenvalue weighted by molar-refractivity contribution is -0.133. The summed E-state index contributed by atoms with van der Waals surface area (Å²) >= 11 is 0. The lowest BCUT2D eigenvalue weighted by atomic mass is 10.1. The van der Waals surface area contributed by atoms with Gasteiger partial charge in [-0.05, 0) is 38.3 Å². The second-order valence-corrected chi connectivity index (χ2v) is 9.88. The number of hydrogen-bond acceptors (Lipinski definition) is 5. The van der Waals surface area contributed by atoms with Crippen molar-refractivity contribution < 1.29 is 22.8 Å². The summed E-state index contributed by atoms with van der Waals surface area (Å²) in [6, 6.07) is 6.31. The smallest absolute Gasteiger partial charge is 0.320 e. The molecule has 0 unspecified atom stereocenters. The molecule has 0 spiro atoms. The molecule has 176 valence electrons. The summed E-state index contributed by atoms with van der Waals surface area (Å²) in [4.78, 5) is 42.3. The summed E-state index contributed by atoms with van der Waals surface area (Å²) in [6.07, 6.45) is 3.22. The second kappa shape index (κ2) is 10.8. The van der Waals surface area contributed by atoms with E-state index < -0.39 is 22.5 Å². The van der Waals surface area contributed by atoms with Gasteiger partial charge in [0.1, 0.15) is 0 Å². The van der Waals surface area contributed by atoms with Crippen LogP contribution in [0.3, 0.4) is 0 Å². The number of sulfonamides is 1. The van der Waals surface area contributed by atoms with Crippen LogP contribution in [0.15, 0.2) is 29.2 Å². The molecule has 1 aromatic carbocycles. The highest BCUT2D eigenvalue weighted by atomic mass is 32.2. The lowest BCUT2D eigenvalue weighted by Gasteiger charge is -2.38. The Hall–Kier alpha value is -2.66. The maximum Gasteiger partial charge on any atom is 0.320 e. The van der Waals surface area contributed by atoms with Gasteiger partial charge < -0.3 is 20.0 Å². The minimum Gasteiger partial charge on any atom is -0.346 e. The van der Waals surface area contributed by atoms with Crippen molar-refractivity contribution in [3.05, 3.63) is 29.8 Å². The first-order valence-corrected chi connectivity index (χ1v) is 12.4. The molecule has 2 fully saturated rings. The molecule has 2 N–H and O–H groups in total. The van der Waals surface area contributed by atoms with Crippen LogP contribution in [0.2, 0.25) is 0 Å². The number of aryl methyl sites for hydroxylation is 1. The fourth-order valence-electron chi connectivity index (χ4n) is 3.74. The average molecular weight is 466 g/mol. The molecule has 1 aromatic rings. The first kappa shape index (κ1) is 24.0. The Morgan fingerprint density at radius 2 is 1.38 bits per heavy atom. The van der Waals surface area contributed by atoms with Gasteiger partial charge in [-0.1, -0.05) is 17.7 Å². The summed E-state index contributed by atoms with van der Waals surface area (Å²) < 4.78 is 26.7. The van der Waals surface area contributed by atoms with Crippen LogP contribution in [0.5, 0.6) is 0 Å². The molecular weight excluding hydrogens is 434 g/mol. The molecule has 10 nitrogen and oxygen atoms in total. The van der Waals surface area contributed by atoms with E-state index in [2.05, 4.69) is 10.0 Å². The van der Waals surface area contributed by atoms with Crippen molar-refractivity contribution >= 4 is 27.9 Å². The van der Waals surface area contributed by atoms with Gasteiger partial charge in [0.2, 0.25) is 21.8 Å². The van der Waals surface area contributed by atoms with Crippen LogP contribution in [0.1, 0.15) is 24.8 Å². The number of carbonyl (C=O) groups is 3. The van der Waals surface area contributed by atoms with Crippen LogP contribution < -0.4 is 10.0 Å². The van der Waals surface area contributed by atoms with Crippen molar-refractivity contribution in [2.75, 3.05) is 52.4 Å². The molecule has 0 saturated carbocycles. The van der Waals surface area contributed by atoms with Crippen LogP contribution in [0.25, 0.3) is 0 Å². The SMILES string of the molecule is Cc1ccc(S(=O)(=O)NCC(=O)NCC(=O)N2CCN(C(=O)N3CCCCC3)CC2)cc1. The first-order valence-electron chi connectivity index (χ1n) is 10.9. The average Bonchev–Trinajstić information content (AvgIpc) is 2.81. The molecule has 3 rings (SSSR count). The third kappa shape index (κ3) is 6.42. The van der Waals surface area contributed by atoms with Crippen molar-refractivity contribution in [3.63, 3.8) is 0 Å². The van der Waals surface area contributed by atoms with Gasteiger partial charge in [0.15, 0.2) is 0 Å². The van der Waals surface area contributed by atoms with Crippen LogP contribution in [-0.2, 0) is 19.6 Å². The molecule has 2 aliphatic rings. The number of rotatable bonds is 6. The third-order valence-electron chi connectivity index (χ3n) is 5.72. The highest BCUT2D eigenvalue weighted by Gasteiger charge is 2.28. The van der Waals surface area contributed by atoms with E-state index in [-0.39, 0.29) is 23.4 Å². The number of benzene rings is 1. The largest absolute Gasteiger partial charge is 0.346 e. The van der Waals surface area contributed by atoms with Gasteiger partial charge in [-0.15, -0.1) is 0 Å². The number of hydrogen-bond donors (Lipinski definition) is 2. The first-order chi connectivity index (χ1) is 15.3. The van der Waals surface area contributed by atoms with Gasteiger partial charge in [-0.3, -0.25) is 9.59 Å². The van der Waals surface area contributed by atoms with Gasteiger partial charge >= 0.3 is 6.03 Å². The van der Waals surface area contributed by atoms with Gasteiger partial charge in [-0.25, -0.2) is 17.9 Å². The van der Waals surface area contributed by atoms with Crippen molar-refractivity contribution in [2.45, 2.75) is 31.1 Å². The zero-order chi connectivity index (χ0) is 23.1. The van der Waals surface area contributed by atoms with E-state index in [1.54, 1.807) is 21.9 Å². The fraction of sp³-hybridized carbons (Fsp3) is 0.571. The molecule has 2 heterocycles. The fourth-order valence-corrected chi connectivity index (χ4v) is 4.72. The molecule has 0 radical (unpaired) electrons. The van der Waals surface area contributed by atoms with E-state index >= 15 is 0 Å². The quantitative estimate of drug-likeness (QED) is 0.619. The molecule has 2 saturated heterocycles. The molecule has 0 bridgehead atoms. The van der Waals surface area contributed by atoms with Gasteiger partial charge in [0.25, 0.3) is 0 Å². The number of piperidine rings is 1. The van der Waals surface area contributed by atoms with Gasteiger partial charge in [0.05, 0.1) is 18.0 Å². The normalized spacial score (nSPS) is 17.2. The predicted octanol–water partition coefficient (Wildman–Crippen LogP) is 0.140. The molecule has 0 atom stereocenters. The molecule has 4 amide bonds. The summed E-state index contributed by atoms with van der Waals surface area (Å²) in [7, 11) is -3.80. The van der Waals surface area contributed by atoms with E-state index in [4.69, 9.17) is 0 Å². The maximum absolute atomic E-state index is 12.6. The number of nitrogens with one attached hydrogen (secondary N) is 2. The summed E-state index contributed by atoms with van der Waals surface area (Å²) in [6.45, 7) is 4.50. The third-order valence-corrected chi connectivity index (χ3v) is 7.14. The van der Waals surface area contributed by atoms with E-state index in [0.29, 0.717) is 26.2 Å². The maximum atomic E-state index is 12.6. The standard InChI is InChI=1S/C21H31N5O5S/c1-17-5-7-18(8-6-17)32(30,31)23-15-19(27)22-16-20(28)24-11-13-26(14-12-24)21(29)25-9-3-2-4-10-25/h5-8,23H,2-4,9-16H2,1H3,(H,22,27). The minimum atomic E-state index is -3.80. The van der Waals surface area contributed by atoms with Crippen molar-refractivity contribution in [3.8, 4) is 0 Å². The molecule has 0 aliphatic carbocycles. The van der Waals surface area contributed by atoms with Crippen LogP contribution in [-0.4, -0.2) is 93.3 Å². The molecular formula is C21H31N5O5S. The minimum absolute atomic E-state index is 0.0333. The van der Waals surface area contributed by atoms with Gasteiger partial charge in [0, 0.05) is 39.3 Å². The molecule has 0 aromatic heterocycles. The molecule has 2 aliphatic heterocycles. The summed E-state index contributed by atoms with van der Waals surface area (Å²) in [5.74, 6) is -0.849. The van der Waals surface area contributed by atoms with Gasteiger partial charge in [-0.2, -0.15) is 0 Å². The Balaban J connectivity index is 1.37. The monoisotopic (exact) mass is 465 g/mol. The Kier molecular flexibility index (Phi) is 8.08. The highest BCUT2D eigenvalue weighted by molar-refractivity contribution is 7.89. The molecule has 11 heteroatoms. The number of amides is 4. The lowest BCUT2D eigenvalue weighted by Crippen LogP contribution is -2.56. The highest BCUT2D eigenvalue weighted by Crippen LogP contribution is 2.13. The van der Waals surface area contributed by atoms with Crippen LogP contribution in [0.4, 0.5) is 4.79 Å². The molecule has 32 heavy (non-hydrogen) atoms. The zero-order valence-corrected chi connectivity index (χ0v) is 19.2. The predicted molar refractivity (Wildman–Crippen MR) is 118 cm³/mol. The topological polar surface area (TPSA) is 119 Å². The van der Waals surface area contributed by atoms with Crippen molar-refractivity contribution in [1.29, 1.82) is 0 Å². The van der Waals surface area contributed by atoms with Crippen LogP contribution >= 0.6 is 0 Å². The number of carbonyl (C=O) groups excluding carboxylic acids is 3. The number of urea groups is 1. The Morgan fingerprint density at radius 1 is 0.812 bits per heavy atom. The van der Waals surface area contributed by atoms with Crippen molar-refractivity contribution in [2.24, 2.45) is 0 Å². The Labute approximate surface area is 189 Å². The zero-order valence-electron chi connectivity index (χ0n) is 18.4.